The van der Waals surface area contributed by atoms with E-state index in [1.807, 2.05) is 18.4 Å². The van der Waals surface area contributed by atoms with Crippen molar-refractivity contribution in [3.63, 3.8) is 0 Å². The Balaban J connectivity index is 1.29. The Morgan fingerprint density at radius 1 is 1.16 bits per heavy atom. The number of fused-ring (bicyclic) bond motifs is 1. The first kappa shape index (κ1) is 30.7. The van der Waals surface area contributed by atoms with Crippen LogP contribution in [0, 0.1) is 17.0 Å². The minimum atomic E-state index is -3.01. The van der Waals surface area contributed by atoms with Gasteiger partial charge in [-0.2, -0.15) is 0 Å². The highest BCUT2D eigenvalue weighted by Gasteiger charge is 2.39. The van der Waals surface area contributed by atoms with Crippen molar-refractivity contribution >= 4 is 28.3 Å². The maximum absolute atomic E-state index is 15.6. The van der Waals surface area contributed by atoms with E-state index in [1.165, 1.54) is 24.3 Å². The fourth-order valence-electron chi connectivity index (χ4n) is 5.38. The first-order valence-corrected chi connectivity index (χ1v) is 14.8. The van der Waals surface area contributed by atoms with Crippen molar-refractivity contribution in [2.24, 2.45) is 5.41 Å². The summed E-state index contributed by atoms with van der Waals surface area (Å²) in [6, 6.07) is 11.1. The topological polar surface area (TPSA) is 99.4 Å². The minimum absolute atomic E-state index is 0.0580. The van der Waals surface area contributed by atoms with Crippen molar-refractivity contribution in [2.75, 3.05) is 13.2 Å². The van der Waals surface area contributed by atoms with Crippen LogP contribution in [0.4, 0.5) is 17.6 Å². The lowest BCUT2D eigenvalue weighted by Crippen LogP contribution is -2.27. The van der Waals surface area contributed by atoms with Gasteiger partial charge in [0.2, 0.25) is 5.88 Å². The molecule has 0 bridgehead atoms. The summed E-state index contributed by atoms with van der Waals surface area (Å²) < 4.78 is 71.5. The molecule has 0 saturated carbocycles. The van der Waals surface area contributed by atoms with Crippen LogP contribution in [-0.2, 0) is 23.7 Å². The standard InChI is InChI=1S/C32H28F4N4O4S/c1-31(2)16-43-14-25(31)40-24-10-17(30(41)42)7-8-23(24)38-27(40)11-18-9-21(34)19(12-20(18)33)22-5-4-6-28(39-22)44-15-29-37-13-26(45-29)32(3,35)36/h4-10,12-13,25H,11,14-16H2,1-3H3,(H,41,42). The molecule has 0 spiro atoms. The number of carboxylic acids is 1. The molecule has 6 rings (SSSR count). The number of rotatable bonds is 9. The van der Waals surface area contributed by atoms with Gasteiger partial charge in [0.15, 0.2) is 0 Å². The normalized spacial score (nSPS) is 16.4. The summed E-state index contributed by atoms with van der Waals surface area (Å²) >= 11 is 0.815. The third-order valence-corrected chi connectivity index (χ3v) is 8.93. The van der Waals surface area contributed by atoms with Gasteiger partial charge >= 0.3 is 5.97 Å². The van der Waals surface area contributed by atoms with E-state index in [9.17, 15) is 18.7 Å². The molecule has 0 aliphatic carbocycles. The number of pyridine rings is 1. The molecule has 5 aromatic rings. The van der Waals surface area contributed by atoms with Crippen LogP contribution in [0.25, 0.3) is 22.3 Å². The Bertz CT molecular complexity index is 1920. The molecule has 2 aromatic carbocycles. The SMILES string of the molecule is CC(F)(F)c1cnc(COc2cccc(-c3cc(F)c(Cc4nc5ccc(C(=O)O)cc5n4C4COCC4(C)C)cc3F)n2)s1. The summed E-state index contributed by atoms with van der Waals surface area (Å²) in [6.07, 6.45) is 1.04. The second-order valence-corrected chi connectivity index (χ2v) is 12.8. The number of aromatic carboxylic acids is 1. The van der Waals surface area contributed by atoms with Crippen LogP contribution in [0.5, 0.6) is 5.88 Å². The van der Waals surface area contributed by atoms with E-state index in [2.05, 4.69) is 9.97 Å². The Morgan fingerprint density at radius 3 is 2.64 bits per heavy atom. The third kappa shape index (κ3) is 6.14. The number of nitrogens with zero attached hydrogens (tertiary/aromatic N) is 4. The van der Waals surface area contributed by atoms with Gasteiger partial charge < -0.3 is 19.1 Å². The van der Waals surface area contributed by atoms with Gasteiger partial charge in [0.05, 0.1) is 46.4 Å². The number of aromatic nitrogens is 4. The fourth-order valence-corrected chi connectivity index (χ4v) is 6.14. The molecular weight excluding hydrogens is 612 g/mol. The molecule has 234 valence electrons. The van der Waals surface area contributed by atoms with E-state index < -0.39 is 23.5 Å². The summed E-state index contributed by atoms with van der Waals surface area (Å²) in [5.41, 5.74) is 0.964. The summed E-state index contributed by atoms with van der Waals surface area (Å²) in [5.74, 6) is -4.96. The summed E-state index contributed by atoms with van der Waals surface area (Å²) in [6.45, 7) is 5.55. The molecule has 0 amide bonds. The van der Waals surface area contributed by atoms with E-state index >= 15 is 8.78 Å². The van der Waals surface area contributed by atoms with Crippen LogP contribution < -0.4 is 4.74 Å². The van der Waals surface area contributed by atoms with Crippen LogP contribution in [0.15, 0.2) is 54.7 Å². The van der Waals surface area contributed by atoms with Gasteiger partial charge in [0, 0.05) is 36.6 Å². The number of alkyl halides is 2. The van der Waals surface area contributed by atoms with Gasteiger partial charge in [0.1, 0.15) is 29.1 Å². The van der Waals surface area contributed by atoms with Crippen LogP contribution in [0.2, 0.25) is 0 Å². The average molecular weight is 641 g/mol. The number of benzene rings is 2. The molecule has 8 nitrogen and oxygen atoms in total. The highest BCUT2D eigenvalue weighted by molar-refractivity contribution is 7.11. The lowest BCUT2D eigenvalue weighted by atomic mass is 9.87. The van der Waals surface area contributed by atoms with Crippen molar-refractivity contribution < 1.29 is 36.9 Å². The zero-order chi connectivity index (χ0) is 32.1. The molecule has 1 fully saturated rings. The summed E-state index contributed by atoms with van der Waals surface area (Å²) in [7, 11) is 0. The van der Waals surface area contributed by atoms with Crippen LogP contribution in [0.1, 0.15) is 58.4 Å². The lowest BCUT2D eigenvalue weighted by Gasteiger charge is -2.28. The van der Waals surface area contributed by atoms with E-state index in [1.54, 1.807) is 12.1 Å². The van der Waals surface area contributed by atoms with E-state index in [4.69, 9.17) is 14.5 Å². The quantitative estimate of drug-likeness (QED) is 0.168. The maximum atomic E-state index is 15.6. The maximum Gasteiger partial charge on any atom is 0.335 e. The van der Waals surface area contributed by atoms with Crippen molar-refractivity contribution in [3.05, 3.63) is 93.2 Å². The van der Waals surface area contributed by atoms with Gasteiger partial charge in [0.25, 0.3) is 5.92 Å². The van der Waals surface area contributed by atoms with Crippen molar-refractivity contribution in [2.45, 2.75) is 45.8 Å². The molecule has 1 unspecified atom stereocenters. The third-order valence-electron chi connectivity index (χ3n) is 7.79. The van der Waals surface area contributed by atoms with Crippen molar-refractivity contribution in [3.8, 4) is 17.1 Å². The van der Waals surface area contributed by atoms with E-state index in [0.29, 0.717) is 35.1 Å². The van der Waals surface area contributed by atoms with E-state index in [-0.39, 0.29) is 57.6 Å². The molecule has 1 N–H and O–H groups in total. The first-order chi connectivity index (χ1) is 21.3. The number of hydrogen-bond acceptors (Lipinski definition) is 7. The van der Waals surface area contributed by atoms with Crippen molar-refractivity contribution in [1.29, 1.82) is 0 Å². The van der Waals surface area contributed by atoms with Gasteiger partial charge in [-0.1, -0.05) is 19.9 Å². The number of carbonyl (C=O) groups is 1. The summed E-state index contributed by atoms with van der Waals surface area (Å²) in [5, 5.41) is 9.89. The minimum Gasteiger partial charge on any atom is -0.478 e. The molecule has 1 atom stereocenters. The number of halogens is 4. The highest BCUT2D eigenvalue weighted by atomic mass is 32.1. The van der Waals surface area contributed by atoms with Crippen molar-refractivity contribution in [1.82, 2.24) is 19.5 Å². The smallest absolute Gasteiger partial charge is 0.335 e. The second kappa shape index (κ2) is 11.5. The Labute approximate surface area is 259 Å². The lowest BCUT2D eigenvalue weighted by molar-refractivity contribution is 0.0213. The molecule has 1 aliphatic heterocycles. The zero-order valence-corrected chi connectivity index (χ0v) is 25.3. The van der Waals surface area contributed by atoms with Gasteiger partial charge in [-0.05, 0) is 42.0 Å². The van der Waals surface area contributed by atoms with Crippen LogP contribution in [-0.4, -0.2) is 43.8 Å². The zero-order valence-electron chi connectivity index (χ0n) is 24.5. The molecule has 4 heterocycles. The molecule has 3 aromatic heterocycles. The monoisotopic (exact) mass is 640 g/mol. The van der Waals surface area contributed by atoms with Crippen LogP contribution >= 0.6 is 11.3 Å². The number of hydrogen-bond donors (Lipinski definition) is 1. The largest absolute Gasteiger partial charge is 0.478 e. The fraction of sp³-hybridized carbons (Fsp3) is 0.312. The number of carboxylic acid groups (broad SMARTS) is 1. The molecule has 13 heteroatoms. The Hall–Kier alpha value is -4.36. The van der Waals surface area contributed by atoms with Crippen LogP contribution in [0.3, 0.4) is 0 Å². The second-order valence-electron chi connectivity index (χ2n) is 11.7. The van der Waals surface area contributed by atoms with Gasteiger partial charge in [-0.15, -0.1) is 11.3 Å². The molecule has 45 heavy (non-hydrogen) atoms. The first-order valence-electron chi connectivity index (χ1n) is 14.0. The molecular formula is C32H28F4N4O4S. The van der Waals surface area contributed by atoms with Gasteiger partial charge in [-0.25, -0.2) is 37.3 Å². The predicted octanol–water partition coefficient (Wildman–Crippen LogP) is 7.41. The van der Waals surface area contributed by atoms with Gasteiger partial charge in [-0.3, -0.25) is 0 Å². The number of thiazole rings is 1. The average Bonchev–Trinajstić information content (AvgIpc) is 3.69. The number of imidazole rings is 1. The molecule has 0 radical (unpaired) electrons. The highest BCUT2D eigenvalue weighted by Crippen LogP contribution is 2.41. The predicted molar refractivity (Wildman–Crippen MR) is 159 cm³/mol. The molecule has 1 saturated heterocycles. The number of ether oxygens (including phenoxy) is 2. The summed E-state index contributed by atoms with van der Waals surface area (Å²) in [4.78, 5) is 24.4. The Morgan fingerprint density at radius 2 is 1.96 bits per heavy atom. The molecule has 1 aliphatic rings. The Kier molecular flexibility index (Phi) is 7.86. The van der Waals surface area contributed by atoms with E-state index in [0.717, 1.165) is 36.6 Å².